The first-order valence-electron chi connectivity index (χ1n) is 15.3. The number of rotatable bonds is 4. The van der Waals surface area contributed by atoms with Gasteiger partial charge in [0, 0.05) is 22.5 Å². The van der Waals surface area contributed by atoms with E-state index < -0.39 is 0 Å². The van der Waals surface area contributed by atoms with Crippen LogP contribution in [0.25, 0.3) is 11.4 Å². The van der Waals surface area contributed by atoms with E-state index >= 15 is 0 Å². The highest BCUT2D eigenvalue weighted by Gasteiger charge is 2.14. The molecule has 220 valence electrons. The fourth-order valence-electron chi connectivity index (χ4n) is 5.37. The van der Waals surface area contributed by atoms with Gasteiger partial charge in [-0.1, -0.05) is 146 Å². The minimum Gasteiger partial charge on any atom is -0.353 e. The molecule has 1 heterocycles. The first-order valence-corrected chi connectivity index (χ1v) is 15.3. The van der Waals surface area contributed by atoms with Crippen molar-refractivity contribution in [3.8, 4) is 0 Å². The van der Waals surface area contributed by atoms with Crippen molar-refractivity contribution in [2.24, 2.45) is 9.98 Å². The van der Waals surface area contributed by atoms with Gasteiger partial charge in [-0.3, -0.25) is 0 Å². The molecular formula is C42H32N4. The number of aliphatic imine (C=N–C) groups is 2. The molecule has 6 aromatic rings. The van der Waals surface area contributed by atoms with E-state index in [0.29, 0.717) is 0 Å². The summed E-state index contributed by atoms with van der Waals surface area (Å²) in [6.07, 6.45) is 4.25. The summed E-state index contributed by atoms with van der Waals surface area (Å²) in [6, 6.07) is 57.6. The molecule has 6 aromatic carbocycles. The van der Waals surface area contributed by atoms with Crippen LogP contribution >= 0.6 is 0 Å². The maximum atomic E-state index is 5.31. The van der Waals surface area contributed by atoms with E-state index in [4.69, 9.17) is 9.98 Å². The Morgan fingerprint density at radius 1 is 0.304 bits per heavy atom. The average molecular weight is 593 g/mol. The molecule has 0 saturated carbocycles. The van der Waals surface area contributed by atoms with Crippen molar-refractivity contribution in [1.82, 2.24) is 0 Å². The van der Waals surface area contributed by atoms with Crippen molar-refractivity contribution in [2.75, 3.05) is 10.6 Å². The Kier molecular flexibility index (Phi) is 8.42. The fourth-order valence-corrected chi connectivity index (χ4v) is 5.37. The van der Waals surface area contributed by atoms with Gasteiger partial charge in [-0.25, -0.2) is 9.98 Å². The van der Waals surface area contributed by atoms with Crippen LogP contribution in [0.1, 0.15) is 22.3 Å². The number of fused-ring (bicyclic) bond motifs is 2. The van der Waals surface area contributed by atoms with E-state index in [0.717, 1.165) is 67.8 Å². The quantitative estimate of drug-likeness (QED) is 0.214. The van der Waals surface area contributed by atoms with Gasteiger partial charge < -0.3 is 10.6 Å². The number of para-hydroxylation sites is 4. The van der Waals surface area contributed by atoms with E-state index in [1.807, 2.05) is 84.9 Å². The summed E-state index contributed by atoms with van der Waals surface area (Å²) in [4.78, 5) is 10.6. The molecule has 4 heteroatoms. The number of nitrogens with one attached hydrogen (secondary N) is 2. The minimum absolute atomic E-state index is 0.822. The molecule has 0 bridgehead atoms. The fraction of sp³-hybridized carbons (Fsp3) is 0. The lowest BCUT2D eigenvalue weighted by Gasteiger charge is -2.18. The third-order valence-corrected chi connectivity index (χ3v) is 7.70. The van der Waals surface area contributed by atoms with Crippen LogP contribution in [0.2, 0.25) is 0 Å². The van der Waals surface area contributed by atoms with Crippen molar-refractivity contribution in [3.63, 3.8) is 0 Å². The van der Waals surface area contributed by atoms with Crippen molar-refractivity contribution in [1.29, 1.82) is 0 Å². The maximum Gasteiger partial charge on any atom is 0.0871 e. The summed E-state index contributed by atoms with van der Waals surface area (Å²) in [5.74, 6) is 0. The highest BCUT2D eigenvalue weighted by molar-refractivity contribution is 6.16. The molecule has 0 aromatic heterocycles. The van der Waals surface area contributed by atoms with E-state index in [9.17, 15) is 0 Å². The summed E-state index contributed by atoms with van der Waals surface area (Å²) >= 11 is 0. The lowest BCUT2D eigenvalue weighted by molar-refractivity contribution is 1.44. The van der Waals surface area contributed by atoms with E-state index in [1.165, 1.54) is 0 Å². The Morgan fingerprint density at radius 2 is 0.609 bits per heavy atom. The number of hydrogen-bond donors (Lipinski definition) is 2. The zero-order valence-electron chi connectivity index (χ0n) is 25.2. The Bertz CT molecular complexity index is 1910. The normalized spacial score (nSPS) is 13.2. The Hall–Kier alpha value is -6.26. The van der Waals surface area contributed by atoms with Gasteiger partial charge in [0.05, 0.1) is 34.2 Å². The molecule has 0 radical (unpaired) electrons. The molecular weight excluding hydrogens is 560 g/mol. The number of benzene rings is 6. The van der Waals surface area contributed by atoms with E-state index in [1.54, 1.807) is 0 Å². The molecule has 0 spiro atoms. The van der Waals surface area contributed by atoms with Crippen LogP contribution in [0.5, 0.6) is 0 Å². The van der Waals surface area contributed by atoms with Crippen LogP contribution in [-0.4, -0.2) is 11.4 Å². The van der Waals surface area contributed by atoms with Crippen molar-refractivity contribution in [2.45, 2.75) is 0 Å². The van der Waals surface area contributed by atoms with Crippen LogP contribution in [0.3, 0.4) is 0 Å². The molecule has 4 nitrogen and oxygen atoms in total. The van der Waals surface area contributed by atoms with Gasteiger partial charge in [0.25, 0.3) is 0 Å². The highest BCUT2D eigenvalue weighted by atomic mass is 15.0. The van der Waals surface area contributed by atoms with Gasteiger partial charge in [-0.05, 0) is 47.5 Å². The molecule has 0 atom stereocenters. The molecule has 1 aliphatic rings. The molecule has 0 saturated heterocycles. The molecule has 0 unspecified atom stereocenters. The van der Waals surface area contributed by atoms with Gasteiger partial charge in [-0.2, -0.15) is 0 Å². The van der Waals surface area contributed by atoms with Gasteiger partial charge in [0.1, 0.15) is 0 Å². The monoisotopic (exact) mass is 592 g/mol. The largest absolute Gasteiger partial charge is 0.353 e. The Labute approximate surface area is 269 Å². The van der Waals surface area contributed by atoms with Gasteiger partial charge in [-0.15, -0.1) is 0 Å². The summed E-state index contributed by atoms with van der Waals surface area (Å²) < 4.78 is 0. The first-order chi connectivity index (χ1) is 22.8. The second-order valence-electron chi connectivity index (χ2n) is 10.9. The van der Waals surface area contributed by atoms with Crippen LogP contribution in [-0.2, 0) is 0 Å². The second kappa shape index (κ2) is 13.6. The van der Waals surface area contributed by atoms with Crippen LogP contribution in [0.15, 0.2) is 192 Å². The Morgan fingerprint density at radius 3 is 0.978 bits per heavy atom. The van der Waals surface area contributed by atoms with Gasteiger partial charge in [0.2, 0.25) is 0 Å². The average Bonchev–Trinajstić information content (AvgIpc) is 3.13. The third-order valence-electron chi connectivity index (χ3n) is 7.70. The highest BCUT2D eigenvalue weighted by Crippen LogP contribution is 2.33. The smallest absolute Gasteiger partial charge is 0.0871 e. The minimum atomic E-state index is 0.822. The van der Waals surface area contributed by atoms with Crippen molar-refractivity contribution >= 4 is 45.6 Å². The standard InChI is InChI=1S/C42H32N4/c1-5-17-31(18-6-1)39-29-40(32-19-7-2-8-20-32)44-37-27-15-16-28-38(37)46-42(34-23-11-4-12-24-34)30-41(33-21-9-3-10-22-33)45-36-26-14-13-25-35(36)43-39/h1-30,43,46H. The molecule has 7 rings (SSSR count). The lowest BCUT2D eigenvalue weighted by Crippen LogP contribution is -2.07. The second-order valence-corrected chi connectivity index (χ2v) is 10.9. The molecule has 1 aliphatic heterocycles. The summed E-state index contributed by atoms with van der Waals surface area (Å²) in [5.41, 5.74) is 11.0. The van der Waals surface area contributed by atoms with Crippen LogP contribution in [0.4, 0.5) is 22.7 Å². The number of hydrogen-bond acceptors (Lipinski definition) is 4. The zero-order valence-corrected chi connectivity index (χ0v) is 25.2. The lowest BCUT2D eigenvalue weighted by atomic mass is 10.0. The predicted molar refractivity (Wildman–Crippen MR) is 194 cm³/mol. The van der Waals surface area contributed by atoms with E-state index in [-0.39, 0.29) is 0 Å². The van der Waals surface area contributed by atoms with E-state index in [2.05, 4.69) is 108 Å². The van der Waals surface area contributed by atoms with Crippen LogP contribution < -0.4 is 10.6 Å². The molecule has 46 heavy (non-hydrogen) atoms. The van der Waals surface area contributed by atoms with Crippen molar-refractivity contribution in [3.05, 3.63) is 204 Å². The number of anilines is 2. The summed E-state index contributed by atoms with van der Waals surface area (Å²) in [7, 11) is 0. The van der Waals surface area contributed by atoms with Crippen LogP contribution in [0, 0.1) is 0 Å². The molecule has 2 N–H and O–H groups in total. The van der Waals surface area contributed by atoms with Gasteiger partial charge in [0.15, 0.2) is 0 Å². The zero-order chi connectivity index (χ0) is 31.0. The molecule has 0 fully saturated rings. The molecule has 0 amide bonds. The maximum absolute atomic E-state index is 5.31. The topological polar surface area (TPSA) is 48.8 Å². The third kappa shape index (κ3) is 6.62. The number of allylic oxidation sites excluding steroid dienone is 2. The summed E-state index contributed by atoms with van der Waals surface area (Å²) in [6.45, 7) is 0. The summed E-state index contributed by atoms with van der Waals surface area (Å²) in [5, 5.41) is 7.49. The molecule has 0 aliphatic carbocycles. The first kappa shape index (κ1) is 28.5. The van der Waals surface area contributed by atoms with Crippen molar-refractivity contribution < 1.29 is 0 Å². The number of nitrogens with zero attached hydrogens (tertiary/aromatic N) is 2. The predicted octanol–water partition coefficient (Wildman–Crippen LogP) is 10.5. The van der Waals surface area contributed by atoms with Gasteiger partial charge >= 0.3 is 0 Å². The Balaban J connectivity index is 1.52. The SMILES string of the molecule is C1=C(c2ccccc2)Nc2ccccc2N=C(c2ccccc2)C=C(c2ccccc2)Nc2ccccc2N=C1c1ccccc1.